The smallest absolute Gasteiger partial charge is 0.150 e. The highest BCUT2D eigenvalue weighted by Crippen LogP contribution is 2.40. The van der Waals surface area contributed by atoms with E-state index >= 15 is 0 Å². The third-order valence-electron chi connectivity index (χ3n) is 2.53. The molecule has 3 aromatic rings. The van der Waals surface area contributed by atoms with Gasteiger partial charge in [0.25, 0.3) is 0 Å². The highest BCUT2D eigenvalue weighted by molar-refractivity contribution is 5.75. The summed E-state index contributed by atoms with van der Waals surface area (Å²) in [5, 5.41) is 15.4. The number of tetrazole rings is 1. The van der Waals surface area contributed by atoms with E-state index in [1.165, 1.54) is 6.33 Å². The molecule has 2 N–H and O–H groups in total. The van der Waals surface area contributed by atoms with Gasteiger partial charge >= 0.3 is 0 Å². The summed E-state index contributed by atoms with van der Waals surface area (Å²) in [5.41, 5.74) is 2.04. The molecule has 0 aliphatic carbocycles. The summed E-state index contributed by atoms with van der Waals surface area (Å²) >= 11 is 0. The zero-order chi connectivity index (χ0) is 12.9. The van der Waals surface area contributed by atoms with Gasteiger partial charge in [-0.15, -0.1) is 5.10 Å². The highest BCUT2D eigenvalue weighted by atomic mass is 16.5. The van der Waals surface area contributed by atoms with Gasteiger partial charge in [0.05, 0.1) is 11.4 Å². The van der Waals surface area contributed by atoms with Crippen LogP contribution in [-0.2, 0) is 0 Å². The maximum absolute atomic E-state index is 5.71. The lowest BCUT2D eigenvalue weighted by atomic mass is 10.2. The van der Waals surface area contributed by atoms with Crippen molar-refractivity contribution >= 4 is 11.4 Å². The van der Waals surface area contributed by atoms with Crippen LogP contribution in [0.5, 0.6) is 11.5 Å². The van der Waals surface area contributed by atoms with Gasteiger partial charge < -0.3 is 10.1 Å². The Morgan fingerprint density at radius 2 is 1.47 bits per heavy atom. The van der Waals surface area contributed by atoms with Crippen molar-refractivity contribution in [2.24, 2.45) is 0 Å². The normalized spacial score (nSPS) is 10.9. The SMILES string of the molecule is c1ccc2c(c1)Nc1ccccc1O2.c1nnn[nH]1. The van der Waals surface area contributed by atoms with Crippen molar-refractivity contribution in [3.63, 3.8) is 0 Å². The van der Waals surface area contributed by atoms with E-state index in [-0.39, 0.29) is 0 Å². The monoisotopic (exact) mass is 253 g/mol. The van der Waals surface area contributed by atoms with Gasteiger partial charge in [-0.3, -0.25) is 0 Å². The number of hydrogen-bond donors (Lipinski definition) is 2. The Morgan fingerprint density at radius 1 is 0.842 bits per heavy atom. The number of benzene rings is 2. The van der Waals surface area contributed by atoms with Gasteiger partial charge in [-0.2, -0.15) is 0 Å². The summed E-state index contributed by atoms with van der Waals surface area (Å²) in [6, 6.07) is 15.8. The van der Waals surface area contributed by atoms with Gasteiger partial charge in [0.15, 0.2) is 11.5 Å². The number of para-hydroxylation sites is 4. The van der Waals surface area contributed by atoms with Gasteiger partial charge in [-0.1, -0.05) is 24.3 Å². The zero-order valence-electron chi connectivity index (χ0n) is 9.95. The van der Waals surface area contributed by atoms with E-state index in [0.717, 1.165) is 22.9 Å². The molecule has 94 valence electrons. The van der Waals surface area contributed by atoms with Crippen LogP contribution in [0.1, 0.15) is 0 Å². The predicted molar refractivity (Wildman–Crippen MR) is 70.4 cm³/mol. The molecule has 0 spiro atoms. The third-order valence-corrected chi connectivity index (χ3v) is 2.53. The first kappa shape index (κ1) is 11.2. The highest BCUT2D eigenvalue weighted by Gasteiger charge is 2.13. The van der Waals surface area contributed by atoms with Crippen LogP contribution in [0.25, 0.3) is 0 Å². The fourth-order valence-corrected chi connectivity index (χ4v) is 1.71. The molecule has 0 fully saturated rings. The summed E-state index contributed by atoms with van der Waals surface area (Å²) < 4.78 is 5.71. The lowest BCUT2D eigenvalue weighted by Crippen LogP contribution is -2.01. The van der Waals surface area contributed by atoms with Crippen LogP contribution < -0.4 is 10.1 Å². The molecule has 0 radical (unpaired) electrons. The first-order valence-corrected chi connectivity index (χ1v) is 5.73. The minimum Gasteiger partial charge on any atom is -0.453 e. The van der Waals surface area contributed by atoms with Crippen LogP contribution >= 0.6 is 0 Å². The van der Waals surface area contributed by atoms with Crippen molar-refractivity contribution in [2.75, 3.05) is 5.32 Å². The Morgan fingerprint density at radius 3 is 1.95 bits per heavy atom. The van der Waals surface area contributed by atoms with Gasteiger partial charge in [0, 0.05) is 0 Å². The van der Waals surface area contributed by atoms with E-state index in [2.05, 4.69) is 25.9 Å². The molecule has 1 aliphatic heterocycles. The van der Waals surface area contributed by atoms with Gasteiger partial charge in [-0.05, 0) is 34.7 Å². The van der Waals surface area contributed by atoms with Crippen molar-refractivity contribution in [3.8, 4) is 11.5 Å². The predicted octanol–water partition coefficient (Wildman–Crippen LogP) is 2.74. The van der Waals surface area contributed by atoms with Gasteiger partial charge in [0.2, 0.25) is 0 Å². The number of nitrogens with one attached hydrogen (secondary N) is 2. The number of nitrogens with zero attached hydrogens (tertiary/aromatic N) is 3. The van der Waals surface area contributed by atoms with E-state index in [1.807, 2.05) is 48.5 Å². The Balaban J connectivity index is 0.000000187. The lowest BCUT2D eigenvalue weighted by Gasteiger charge is -2.20. The number of fused-ring (bicyclic) bond motifs is 2. The fourth-order valence-electron chi connectivity index (χ4n) is 1.71. The molecule has 0 saturated heterocycles. The average Bonchev–Trinajstić information content (AvgIpc) is 3.04. The Bertz CT molecular complexity index is 549. The molecule has 0 amide bonds. The molecule has 0 bridgehead atoms. The van der Waals surface area contributed by atoms with E-state index in [0.29, 0.717) is 0 Å². The lowest BCUT2D eigenvalue weighted by molar-refractivity contribution is 0.481. The van der Waals surface area contributed by atoms with Gasteiger partial charge in [-0.25, -0.2) is 5.10 Å². The Labute approximate surface area is 109 Å². The Hall–Kier alpha value is -2.89. The molecule has 6 heteroatoms. The summed E-state index contributed by atoms with van der Waals surface area (Å²) in [6.45, 7) is 0. The van der Waals surface area contributed by atoms with E-state index < -0.39 is 0 Å². The second-order valence-corrected chi connectivity index (χ2v) is 3.78. The van der Waals surface area contributed by atoms with E-state index in [9.17, 15) is 0 Å². The van der Waals surface area contributed by atoms with E-state index in [1.54, 1.807) is 0 Å². The molecule has 2 heterocycles. The molecular formula is C13H11N5O. The molecule has 2 aromatic carbocycles. The topological polar surface area (TPSA) is 75.7 Å². The van der Waals surface area contributed by atoms with Crippen LogP contribution in [0.15, 0.2) is 54.9 Å². The number of H-pyrrole nitrogens is 1. The van der Waals surface area contributed by atoms with Crippen molar-refractivity contribution in [2.45, 2.75) is 0 Å². The van der Waals surface area contributed by atoms with Crippen LogP contribution in [0.3, 0.4) is 0 Å². The molecule has 1 aromatic heterocycles. The maximum Gasteiger partial charge on any atom is 0.150 e. The van der Waals surface area contributed by atoms with Crippen molar-refractivity contribution in [1.29, 1.82) is 0 Å². The molecule has 1 aliphatic rings. The molecule has 4 rings (SSSR count). The number of aromatic amines is 1. The first-order valence-electron chi connectivity index (χ1n) is 5.73. The fraction of sp³-hybridized carbons (Fsp3) is 0. The summed E-state index contributed by atoms with van der Waals surface area (Å²) in [7, 11) is 0. The van der Waals surface area contributed by atoms with Crippen LogP contribution in [-0.4, -0.2) is 20.6 Å². The molecule has 0 unspecified atom stereocenters. The minimum atomic E-state index is 0.881. The standard InChI is InChI=1S/C12H9NO.CH2N4/c1-3-7-11-9(5-1)13-10-6-2-4-8-12(10)14-11;1-2-4-5-3-1/h1-8,13H;1H,(H,2,3,4,5). The summed E-state index contributed by atoms with van der Waals surface area (Å²) in [6.07, 6.45) is 1.40. The third kappa shape index (κ3) is 2.52. The number of rotatable bonds is 0. The van der Waals surface area contributed by atoms with Crippen molar-refractivity contribution in [3.05, 3.63) is 54.9 Å². The second-order valence-electron chi connectivity index (χ2n) is 3.78. The molecule has 0 atom stereocenters. The summed E-state index contributed by atoms with van der Waals surface area (Å²) in [5.74, 6) is 1.76. The van der Waals surface area contributed by atoms with Crippen molar-refractivity contribution < 1.29 is 4.74 Å². The average molecular weight is 253 g/mol. The molecule has 0 saturated carbocycles. The largest absolute Gasteiger partial charge is 0.453 e. The molecule has 19 heavy (non-hydrogen) atoms. The van der Waals surface area contributed by atoms with Gasteiger partial charge in [0.1, 0.15) is 6.33 Å². The minimum absolute atomic E-state index is 0.881. The molecule has 6 nitrogen and oxygen atoms in total. The second kappa shape index (κ2) is 5.18. The number of anilines is 2. The van der Waals surface area contributed by atoms with E-state index in [4.69, 9.17) is 4.74 Å². The summed E-state index contributed by atoms with van der Waals surface area (Å²) in [4.78, 5) is 0. The number of hydrogen-bond acceptors (Lipinski definition) is 5. The Kier molecular flexibility index (Phi) is 3.05. The maximum atomic E-state index is 5.71. The van der Waals surface area contributed by atoms with Crippen LogP contribution in [0, 0.1) is 0 Å². The van der Waals surface area contributed by atoms with Crippen LogP contribution in [0.2, 0.25) is 0 Å². The quantitative estimate of drug-likeness (QED) is 0.504. The van der Waals surface area contributed by atoms with Crippen molar-refractivity contribution in [1.82, 2.24) is 20.6 Å². The number of aromatic nitrogens is 4. The van der Waals surface area contributed by atoms with Crippen LogP contribution in [0.4, 0.5) is 11.4 Å². The number of ether oxygens (including phenoxy) is 1. The molecular weight excluding hydrogens is 242 g/mol. The first-order chi connectivity index (χ1) is 9.43. The zero-order valence-corrected chi connectivity index (χ0v) is 9.95.